The molecule has 0 aromatic rings. The number of carbonyl (C=O) groups is 2. The number of amides is 2. The van der Waals surface area contributed by atoms with Gasteiger partial charge in [-0.3, -0.25) is 0 Å². The van der Waals surface area contributed by atoms with Gasteiger partial charge in [0.25, 0.3) is 0 Å². The van der Waals surface area contributed by atoms with Crippen LogP contribution in [0.4, 0.5) is 4.79 Å². The van der Waals surface area contributed by atoms with Crippen molar-refractivity contribution < 1.29 is 14.7 Å². The lowest BCUT2D eigenvalue weighted by molar-refractivity contribution is -0.143. The van der Waals surface area contributed by atoms with Gasteiger partial charge in [0.15, 0.2) is 0 Å². The fraction of sp³-hybridized carbons (Fsp3) is 0.857. The maximum absolute atomic E-state index is 12.3. The molecule has 0 radical (unpaired) electrons. The summed E-state index contributed by atoms with van der Waals surface area (Å²) in [7, 11) is 0. The first kappa shape index (κ1) is 15.5. The number of nitrogens with zero attached hydrogens (tertiary/aromatic N) is 1. The molecule has 0 aromatic carbocycles. The van der Waals surface area contributed by atoms with Crippen molar-refractivity contribution in [2.24, 2.45) is 5.92 Å². The predicted molar refractivity (Wildman–Crippen MR) is 80.0 cm³/mol. The Labute approximate surface area is 124 Å². The summed E-state index contributed by atoms with van der Waals surface area (Å²) < 4.78 is 0. The third-order valence-corrected chi connectivity index (χ3v) is 5.55. The van der Waals surface area contributed by atoms with E-state index < -0.39 is 12.0 Å². The van der Waals surface area contributed by atoms with E-state index in [9.17, 15) is 14.7 Å². The van der Waals surface area contributed by atoms with Crippen molar-refractivity contribution in [1.82, 2.24) is 10.2 Å². The normalized spacial score (nSPS) is 34.0. The van der Waals surface area contributed by atoms with Gasteiger partial charge in [0, 0.05) is 17.8 Å². The minimum absolute atomic E-state index is 0.198. The molecule has 1 heterocycles. The van der Waals surface area contributed by atoms with Crippen LogP contribution in [-0.2, 0) is 4.79 Å². The molecule has 1 aliphatic carbocycles. The second-order valence-corrected chi connectivity index (χ2v) is 7.13. The molecule has 1 saturated heterocycles. The third kappa shape index (κ3) is 3.59. The summed E-state index contributed by atoms with van der Waals surface area (Å²) in [5, 5.41) is 12.9. The van der Waals surface area contributed by atoms with Gasteiger partial charge in [0.05, 0.1) is 0 Å². The molecule has 2 aliphatic rings. The number of nitrogens with one attached hydrogen (secondary N) is 1. The molecule has 20 heavy (non-hydrogen) atoms. The minimum atomic E-state index is -0.889. The van der Waals surface area contributed by atoms with Gasteiger partial charge < -0.3 is 15.3 Å². The van der Waals surface area contributed by atoms with Gasteiger partial charge in [-0.1, -0.05) is 6.92 Å². The predicted octanol–water partition coefficient (Wildman–Crippen LogP) is 2.17. The first-order valence-corrected chi connectivity index (χ1v) is 8.62. The lowest BCUT2D eigenvalue weighted by Gasteiger charge is -2.36. The van der Waals surface area contributed by atoms with Crippen LogP contribution in [0.25, 0.3) is 0 Å². The summed E-state index contributed by atoms with van der Waals surface area (Å²) >= 11 is 1.85. The number of rotatable bonds is 3. The highest BCUT2D eigenvalue weighted by molar-refractivity contribution is 7.99. The molecule has 0 bridgehead atoms. The van der Waals surface area contributed by atoms with Gasteiger partial charge in [0.1, 0.15) is 6.04 Å². The van der Waals surface area contributed by atoms with Gasteiger partial charge in [0.2, 0.25) is 0 Å². The van der Waals surface area contributed by atoms with Gasteiger partial charge in [-0.15, -0.1) is 0 Å². The Kier molecular flexibility index (Phi) is 5.18. The number of aliphatic carboxylic acids is 1. The first-order valence-electron chi connectivity index (χ1n) is 7.34. The van der Waals surface area contributed by atoms with Crippen LogP contribution in [0.1, 0.15) is 39.0 Å². The van der Waals surface area contributed by atoms with E-state index >= 15 is 0 Å². The second kappa shape index (κ2) is 6.70. The number of urea groups is 1. The number of carbonyl (C=O) groups excluding carboxylic acids is 1. The lowest BCUT2D eigenvalue weighted by atomic mass is 9.93. The lowest BCUT2D eigenvalue weighted by Crippen LogP contribution is -2.54. The topological polar surface area (TPSA) is 69.6 Å². The molecule has 1 aliphatic heterocycles. The van der Waals surface area contributed by atoms with Crippen LogP contribution in [-0.4, -0.2) is 52.1 Å². The van der Waals surface area contributed by atoms with Gasteiger partial charge in [-0.25, -0.2) is 9.59 Å². The molecule has 2 rings (SSSR count). The summed E-state index contributed by atoms with van der Waals surface area (Å²) in [5.74, 6) is -0.521. The number of likely N-dealkylation sites (tertiary alicyclic amines) is 1. The smallest absolute Gasteiger partial charge is 0.326 e. The van der Waals surface area contributed by atoms with Crippen molar-refractivity contribution in [3.05, 3.63) is 0 Å². The van der Waals surface area contributed by atoms with Gasteiger partial charge in [-0.05, 0) is 44.3 Å². The van der Waals surface area contributed by atoms with E-state index in [0.717, 1.165) is 25.7 Å². The maximum atomic E-state index is 12.3. The molecule has 2 fully saturated rings. The third-order valence-electron chi connectivity index (χ3n) is 4.46. The molecule has 4 atom stereocenters. The summed E-state index contributed by atoms with van der Waals surface area (Å²) in [6.45, 7) is 2.59. The Hall–Kier alpha value is -0.910. The van der Waals surface area contributed by atoms with Crippen LogP contribution in [0.2, 0.25) is 0 Å². The van der Waals surface area contributed by atoms with Crippen LogP contribution in [0.5, 0.6) is 0 Å². The molecule has 5 nitrogen and oxygen atoms in total. The van der Waals surface area contributed by atoms with Crippen molar-refractivity contribution >= 4 is 23.8 Å². The Morgan fingerprint density at radius 3 is 2.60 bits per heavy atom. The number of thioether (sulfide) groups is 1. The molecule has 6 heteroatoms. The number of piperidine rings is 1. The number of hydrogen-bond acceptors (Lipinski definition) is 3. The van der Waals surface area contributed by atoms with Crippen molar-refractivity contribution in [2.45, 2.75) is 56.4 Å². The maximum Gasteiger partial charge on any atom is 0.326 e. The Balaban J connectivity index is 1.92. The molecule has 4 unspecified atom stereocenters. The van der Waals surface area contributed by atoms with Crippen LogP contribution in [0.3, 0.4) is 0 Å². The molecular weight excluding hydrogens is 276 g/mol. The zero-order chi connectivity index (χ0) is 14.7. The summed E-state index contributed by atoms with van der Waals surface area (Å²) in [5.41, 5.74) is 0. The van der Waals surface area contributed by atoms with E-state index in [4.69, 9.17) is 0 Å². The molecule has 2 amide bonds. The molecule has 1 saturated carbocycles. The van der Waals surface area contributed by atoms with E-state index in [1.807, 2.05) is 18.7 Å². The van der Waals surface area contributed by atoms with Crippen molar-refractivity contribution in [2.75, 3.05) is 12.8 Å². The fourth-order valence-electron chi connectivity index (χ4n) is 3.16. The summed E-state index contributed by atoms with van der Waals surface area (Å²) in [4.78, 5) is 25.1. The molecule has 0 aromatic heterocycles. The van der Waals surface area contributed by atoms with Crippen LogP contribution in [0, 0.1) is 5.92 Å². The SMILES string of the molecule is CSC1CCC(NC(=O)N2CCC(C)CC2C(=O)O)C1. The standard InChI is InChI=1S/C14H24N2O3S/c1-9-5-6-16(12(7-9)13(17)18)14(19)15-10-3-4-11(8-10)20-2/h9-12H,3-8H2,1-2H3,(H,15,19)(H,17,18). The van der Waals surface area contributed by atoms with Crippen molar-refractivity contribution in [3.8, 4) is 0 Å². The van der Waals surface area contributed by atoms with Gasteiger partial charge >= 0.3 is 12.0 Å². The average molecular weight is 300 g/mol. The van der Waals surface area contributed by atoms with Crippen LogP contribution < -0.4 is 5.32 Å². The molecule has 2 N–H and O–H groups in total. The molecule has 114 valence electrons. The number of hydrogen-bond donors (Lipinski definition) is 2. The zero-order valence-electron chi connectivity index (χ0n) is 12.2. The van der Waals surface area contributed by atoms with E-state index in [1.54, 1.807) is 0 Å². The van der Waals surface area contributed by atoms with Crippen LogP contribution in [0.15, 0.2) is 0 Å². The zero-order valence-corrected chi connectivity index (χ0v) is 13.0. The van der Waals surface area contributed by atoms with Gasteiger partial charge in [-0.2, -0.15) is 11.8 Å². The Morgan fingerprint density at radius 2 is 2.00 bits per heavy atom. The largest absolute Gasteiger partial charge is 0.480 e. The quantitative estimate of drug-likeness (QED) is 0.838. The fourth-order valence-corrected chi connectivity index (χ4v) is 3.96. The summed E-state index contributed by atoms with van der Waals surface area (Å²) in [6.07, 6.45) is 6.66. The van der Waals surface area contributed by atoms with E-state index in [-0.39, 0.29) is 12.1 Å². The Morgan fingerprint density at radius 1 is 1.25 bits per heavy atom. The Bertz CT molecular complexity index is 377. The monoisotopic (exact) mass is 300 g/mol. The highest BCUT2D eigenvalue weighted by Gasteiger charge is 2.36. The first-order chi connectivity index (χ1) is 9.51. The van der Waals surface area contributed by atoms with Crippen LogP contribution >= 0.6 is 11.8 Å². The van der Waals surface area contributed by atoms with Crippen molar-refractivity contribution in [1.29, 1.82) is 0 Å². The average Bonchev–Trinajstić information content (AvgIpc) is 2.86. The summed E-state index contributed by atoms with van der Waals surface area (Å²) in [6, 6.07) is -0.665. The van der Waals surface area contributed by atoms with E-state index in [2.05, 4.69) is 11.6 Å². The van der Waals surface area contributed by atoms with E-state index in [0.29, 0.717) is 24.1 Å². The number of carboxylic acids is 1. The van der Waals surface area contributed by atoms with E-state index in [1.165, 1.54) is 4.90 Å². The molecule has 0 spiro atoms. The number of carboxylic acid groups (broad SMARTS) is 1. The van der Waals surface area contributed by atoms with Crippen molar-refractivity contribution in [3.63, 3.8) is 0 Å². The minimum Gasteiger partial charge on any atom is -0.480 e. The molecular formula is C14H24N2O3S. The highest BCUT2D eigenvalue weighted by atomic mass is 32.2. The second-order valence-electron chi connectivity index (χ2n) is 5.99. The highest BCUT2D eigenvalue weighted by Crippen LogP contribution is 2.29.